The molecule has 2 heterocycles. The zero-order chi connectivity index (χ0) is 20.9. The fourth-order valence-corrected chi connectivity index (χ4v) is 3.91. The second-order valence-electron chi connectivity index (χ2n) is 8.09. The number of hydrogen-bond acceptors (Lipinski definition) is 4. The number of fused-ring (bicyclic) bond motifs is 3. The number of rotatable bonds is 5. The van der Waals surface area contributed by atoms with Crippen LogP contribution >= 0.6 is 0 Å². The van der Waals surface area contributed by atoms with Gasteiger partial charge in [-0.2, -0.15) is 0 Å². The number of carbonyl (C=O) groups excluding carboxylic acids is 1. The van der Waals surface area contributed by atoms with Crippen LogP contribution < -0.4 is 10.5 Å². The zero-order valence-electron chi connectivity index (χ0n) is 16.7. The second kappa shape index (κ2) is 6.51. The molecule has 0 spiro atoms. The summed E-state index contributed by atoms with van der Waals surface area (Å²) < 4.78 is 7.19. The summed E-state index contributed by atoms with van der Waals surface area (Å²) in [4.78, 5) is 29.2. The standard InChI is InChI=1S/C21H25N3O4/c1-12-17-15(8-9-23-12)14-7-6-13(28-5)10-16(14)24(17)11-21(18(22)25,19(26)27)20(2,3)4/h6-10H,11H2,1-5H3,(H2,22,25)(H,26,27). The molecule has 0 saturated carbocycles. The van der Waals surface area contributed by atoms with Gasteiger partial charge in [0.2, 0.25) is 5.91 Å². The SMILES string of the molecule is COc1ccc2c3ccnc(C)c3n(CC(C(N)=O)(C(=O)O)C(C)(C)C)c2c1. The Morgan fingerprint density at radius 2 is 1.89 bits per heavy atom. The molecule has 0 aliphatic heterocycles. The lowest BCUT2D eigenvalue weighted by atomic mass is 9.65. The Labute approximate surface area is 163 Å². The molecule has 2 aromatic heterocycles. The first-order valence-corrected chi connectivity index (χ1v) is 8.99. The summed E-state index contributed by atoms with van der Waals surface area (Å²) in [5.74, 6) is -1.48. The van der Waals surface area contributed by atoms with Gasteiger partial charge >= 0.3 is 5.97 Å². The summed E-state index contributed by atoms with van der Waals surface area (Å²) >= 11 is 0. The van der Waals surface area contributed by atoms with Gasteiger partial charge < -0.3 is 20.1 Å². The van der Waals surface area contributed by atoms with E-state index in [-0.39, 0.29) is 6.54 Å². The third-order valence-electron chi connectivity index (χ3n) is 5.62. The summed E-state index contributed by atoms with van der Waals surface area (Å²) in [6, 6.07) is 7.50. The Balaban J connectivity index is 2.43. The molecule has 3 N–H and O–H groups in total. The lowest BCUT2D eigenvalue weighted by Gasteiger charge is -2.39. The number of carboxylic acid groups (broad SMARTS) is 1. The normalized spacial score (nSPS) is 14.2. The van der Waals surface area contributed by atoms with Gasteiger partial charge in [0, 0.05) is 29.6 Å². The predicted octanol–water partition coefficient (Wildman–Crippen LogP) is 3.11. The molecule has 0 saturated heterocycles. The number of nitrogens with zero attached hydrogens (tertiary/aromatic N) is 2. The van der Waals surface area contributed by atoms with Crippen molar-refractivity contribution in [1.29, 1.82) is 0 Å². The molecule has 7 heteroatoms. The van der Waals surface area contributed by atoms with Crippen LogP contribution in [0.5, 0.6) is 5.75 Å². The highest BCUT2D eigenvalue weighted by Gasteiger charge is 2.54. The number of nitrogens with two attached hydrogens (primary N) is 1. The van der Waals surface area contributed by atoms with Crippen molar-refractivity contribution in [3.8, 4) is 5.75 Å². The highest BCUT2D eigenvalue weighted by Crippen LogP contribution is 2.43. The number of aryl methyl sites for hydroxylation is 1. The topological polar surface area (TPSA) is 107 Å². The van der Waals surface area contributed by atoms with Crippen molar-refractivity contribution in [3.63, 3.8) is 0 Å². The van der Waals surface area contributed by atoms with Gasteiger partial charge in [0.25, 0.3) is 0 Å². The van der Waals surface area contributed by atoms with Crippen LogP contribution in [0.3, 0.4) is 0 Å². The molecule has 0 radical (unpaired) electrons. The van der Waals surface area contributed by atoms with Crippen LogP contribution in [0.2, 0.25) is 0 Å². The molecule has 1 atom stereocenters. The third-order valence-corrected chi connectivity index (χ3v) is 5.62. The van der Waals surface area contributed by atoms with Gasteiger partial charge in [-0.05, 0) is 30.5 Å². The van der Waals surface area contributed by atoms with Gasteiger partial charge in [-0.25, -0.2) is 0 Å². The lowest BCUT2D eigenvalue weighted by molar-refractivity contribution is -0.164. The number of primary amides is 1. The van der Waals surface area contributed by atoms with Crippen LogP contribution in [0.15, 0.2) is 30.5 Å². The fraction of sp³-hybridized carbons (Fsp3) is 0.381. The van der Waals surface area contributed by atoms with Crippen LogP contribution in [0.1, 0.15) is 26.5 Å². The first-order valence-electron chi connectivity index (χ1n) is 8.99. The minimum Gasteiger partial charge on any atom is -0.497 e. The summed E-state index contributed by atoms with van der Waals surface area (Å²) in [5, 5.41) is 12.0. The number of hydrogen-bond donors (Lipinski definition) is 2. The van der Waals surface area contributed by atoms with Crippen molar-refractivity contribution in [2.24, 2.45) is 16.6 Å². The molecule has 0 aliphatic carbocycles. The van der Waals surface area contributed by atoms with Gasteiger partial charge in [-0.3, -0.25) is 14.6 Å². The van der Waals surface area contributed by atoms with E-state index in [0.29, 0.717) is 5.75 Å². The van der Waals surface area contributed by atoms with Gasteiger partial charge in [0.15, 0.2) is 5.41 Å². The number of carboxylic acids is 1. The molecule has 1 amide bonds. The maximum absolute atomic E-state index is 12.5. The summed E-state index contributed by atoms with van der Waals surface area (Å²) in [6.07, 6.45) is 1.72. The molecule has 3 aromatic rings. The summed E-state index contributed by atoms with van der Waals surface area (Å²) in [6.45, 7) is 6.89. The number of methoxy groups -OCH3 is 1. The minimum atomic E-state index is -1.81. The molecule has 3 rings (SSSR count). The minimum absolute atomic E-state index is 0.110. The Morgan fingerprint density at radius 1 is 1.21 bits per heavy atom. The molecular weight excluding hydrogens is 358 g/mol. The van der Waals surface area contributed by atoms with Gasteiger partial charge in [-0.1, -0.05) is 20.8 Å². The average molecular weight is 383 g/mol. The van der Waals surface area contributed by atoms with Crippen molar-refractivity contribution >= 4 is 33.7 Å². The van der Waals surface area contributed by atoms with Gasteiger partial charge in [0.1, 0.15) is 5.75 Å². The van der Waals surface area contributed by atoms with Gasteiger partial charge in [0.05, 0.1) is 23.8 Å². The molecule has 28 heavy (non-hydrogen) atoms. The Hall–Kier alpha value is -3.09. The van der Waals surface area contributed by atoms with Crippen LogP contribution in [0.4, 0.5) is 0 Å². The van der Waals surface area contributed by atoms with Crippen LogP contribution in [-0.4, -0.2) is 33.6 Å². The van der Waals surface area contributed by atoms with E-state index >= 15 is 0 Å². The molecule has 1 unspecified atom stereocenters. The fourth-order valence-electron chi connectivity index (χ4n) is 3.91. The number of amides is 1. The van der Waals surface area contributed by atoms with E-state index in [9.17, 15) is 14.7 Å². The van der Waals surface area contributed by atoms with E-state index in [0.717, 1.165) is 27.5 Å². The highest BCUT2D eigenvalue weighted by atomic mass is 16.5. The third kappa shape index (κ3) is 2.69. The van der Waals surface area contributed by atoms with Gasteiger partial charge in [-0.15, -0.1) is 0 Å². The molecule has 0 bridgehead atoms. The van der Waals surface area contributed by atoms with Crippen molar-refractivity contribution < 1.29 is 19.4 Å². The van der Waals surface area contributed by atoms with Crippen LogP contribution in [0, 0.1) is 17.8 Å². The Bertz CT molecular complexity index is 1080. The molecule has 148 valence electrons. The Morgan fingerprint density at radius 3 is 2.43 bits per heavy atom. The summed E-state index contributed by atoms with van der Waals surface area (Å²) in [7, 11) is 1.57. The maximum Gasteiger partial charge on any atom is 0.321 e. The molecule has 0 aliphatic rings. The zero-order valence-corrected chi connectivity index (χ0v) is 16.7. The predicted molar refractivity (Wildman–Crippen MR) is 107 cm³/mol. The number of aliphatic carboxylic acids is 1. The van der Waals surface area contributed by atoms with E-state index in [2.05, 4.69) is 4.98 Å². The quantitative estimate of drug-likeness (QED) is 0.658. The smallest absolute Gasteiger partial charge is 0.321 e. The van der Waals surface area contributed by atoms with Crippen molar-refractivity contribution in [2.75, 3.05) is 7.11 Å². The summed E-state index contributed by atoms with van der Waals surface area (Å²) in [5.41, 5.74) is 5.25. The number of ether oxygens (including phenoxy) is 1. The molecule has 1 aromatic carbocycles. The number of aromatic nitrogens is 2. The molecular formula is C21H25N3O4. The molecule has 0 fully saturated rings. The largest absolute Gasteiger partial charge is 0.497 e. The number of carbonyl (C=O) groups is 2. The second-order valence-corrected chi connectivity index (χ2v) is 8.09. The lowest BCUT2D eigenvalue weighted by Crippen LogP contribution is -2.55. The first-order chi connectivity index (χ1) is 13.0. The van der Waals surface area contributed by atoms with Crippen molar-refractivity contribution in [2.45, 2.75) is 34.2 Å². The average Bonchev–Trinajstić information content (AvgIpc) is 2.92. The van der Waals surface area contributed by atoms with E-state index in [1.54, 1.807) is 34.1 Å². The van der Waals surface area contributed by atoms with E-state index in [4.69, 9.17) is 10.5 Å². The maximum atomic E-state index is 12.5. The number of pyridine rings is 1. The van der Waals surface area contributed by atoms with Crippen LogP contribution in [0.25, 0.3) is 21.8 Å². The van der Waals surface area contributed by atoms with E-state index in [1.165, 1.54) is 0 Å². The van der Waals surface area contributed by atoms with Crippen molar-refractivity contribution in [1.82, 2.24) is 9.55 Å². The van der Waals surface area contributed by atoms with E-state index < -0.39 is 22.7 Å². The number of benzene rings is 1. The van der Waals surface area contributed by atoms with Crippen LogP contribution in [-0.2, 0) is 16.1 Å². The Kier molecular flexibility index (Phi) is 4.57. The van der Waals surface area contributed by atoms with Crippen molar-refractivity contribution in [3.05, 3.63) is 36.2 Å². The molecule has 7 nitrogen and oxygen atoms in total. The monoisotopic (exact) mass is 383 g/mol. The van der Waals surface area contributed by atoms with E-state index in [1.807, 2.05) is 35.8 Å². The first kappa shape index (κ1) is 19.7. The highest BCUT2D eigenvalue weighted by molar-refractivity contribution is 6.09.